The van der Waals surface area contributed by atoms with Gasteiger partial charge in [0, 0.05) is 38.1 Å². The Balaban J connectivity index is 1.82. The number of alkyl carbamates (subject to hydrolysis) is 1. The largest absolute Gasteiger partial charge is 0.444 e. The van der Waals surface area contributed by atoms with Crippen LogP contribution in [-0.2, 0) is 17.7 Å². The lowest BCUT2D eigenvalue weighted by Gasteiger charge is -2.31. The van der Waals surface area contributed by atoms with Crippen LogP contribution in [0.5, 0.6) is 0 Å². The number of carbonyl (C=O) groups is 1. The third-order valence-electron chi connectivity index (χ3n) is 3.39. The normalized spacial score (nSPS) is 17.0. The summed E-state index contributed by atoms with van der Waals surface area (Å²) >= 11 is 0. The molecule has 0 unspecified atom stereocenters. The lowest BCUT2D eigenvalue weighted by atomic mass is 10.0. The Bertz CT molecular complexity index is 497. The fourth-order valence-corrected chi connectivity index (χ4v) is 2.53. The van der Waals surface area contributed by atoms with Crippen molar-refractivity contribution < 1.29 is 9.53 Å². The molecule has 2 rings (SSSR count). The van der Waals surface area contributed by atoms with Crippen LogP contribution in [0.1, 0.15) is 38.8 Å². The Morgan fingerprint density at radius 3 is 2.95 bits per heavy atom. The van der Waals surface area contributed by atoms with Crippen molar-refractivity contribution in [3.63, 3.8) is 0 Å². The SMILES string of the molecule is C[C@H](CN1CCc2cnccc2C1)NC(=O)OC(C)(C)C. The summed E-state index contributed by atoms with van der Waals surface area (Å²) in [5.41, 5.74) is 2.21. The van der Waals surface area contributed by atoms with E-state index in [0.29, 0.717) is 0 Å². The van der Waals surface area contributed by atoms with Gasteiger partial charge in [-0.15, -0.1) is 0 Å². The molecular formula is C16H25N3O2. The number of hydrogen-bond acceptors (Lipinski definition) is 4. The minimum Gasteiger partial charge on any atom is -0.444 e. The van der Waals surface area contributed by atoms with Crippen LogP contribution in [0.3, 0.4) is 0 Å². The second-order valence-electron chi connectivity index (χ2n) is 6.68. The van der Waals surface area contributed by atoms with E-state index in [9.17, 15) is 4.79 Å². The fourth-order valence-electron chi connectivity index (χ4n) is 2.53. The third kappa shape index (κ3) is 5.01. The van der Waals surface area contributed by atoms with Gasteiger partial charge in [0.25, 0.3) is 0 Å². The number of fused-ring (bicyclic) bond motifs is 1. The number of aromatic nitrogens is 1. The molecule has 1 N–H and O–H groups in total. The van der Waals surface area contributed by atoms with Crippen molar-refractivity contribution in [2.75, 3.05) is 13.1 Å². The summed E-state index contributed by atoms with van der Waals surface area (Å²) in [5, 5.41) is 2.89. The van der Waals surface area contributed by atoms with Gasteiger partial charge in [-0.25, -0.2) is 4.79 Å². The predicted molar refractivity (Wildman–Crippen MR) is 82.0 cm³/mol. The van der Waals surface area contributed by atoms with Crippen LogP contribution in [0.2, 0.25) is 0 Å². The van der Waals surface area contributed by atoms with Crippen molar-refractivity contribution in [3.8, 4) is 0 Å². The number of hydrogen-bond donors (Lipinski definition) is 1. The molecule has 0 fully saturated rings. The summed E-state index contributed by atoms with van der Waals surface area (Å²) < 4.78 is 5.28. The van der Waals surface area contributed by atoms with Gasteiger partial charge in [0.15, 0.2) is 0 Å². The molecule has 0 saturated carbocycles. The first-order valence-corrected chi connectivity index (χ1v) is 7.47. The molecule has 1 aromatic heterocycles. The first kappa shape index (κ1) is 15.8. The van der Waals surface area contributed by atoms with Crippen molar-refractivity contribution in [2.24, 2.45) is 0 Å². The first-order chi connectivity index (χ1) is 9.83. The minimum absolute atomic E-state index is 0.0586. The van der Waals surface area contributed by atoms with Crippen LogP contribution in [0, 0.1) is 0 Å². The van der Waals surface area contributed by atoms with Gasteiger partial charge in [0.05, 0.1) is 0 Å². The third-order valence-corrected chi connectivity index (χ3v) is 3.39. The van der Waals surface area contributed by atoms with Gasteiger partial charge in [-0.1, -0.05) is 0 Å². The molecule has 0 saturated heterocycles. The lowest BCUT2D eigenvalue weighted by molar-refractivity contribution is 0.0495. The molecule has 0 radical (unpaired) electrons. The summed E-state index contributed by atoms with van der Waals surface area (Å²) in [6, 6.07) is 2.14. The summed E-state index contributed by atoms with van der Waals surface area (Å²) in [4.78, 5) is 18.3. The minimum atomic E-state index is -0.457. The van der Waals surface area contributed by atoms with Crippen molar-refractivity contribution in [3.05, 3.63) is 29.6 Å². The van der Waals surface area contributed by atoms with Crippen molar-refractivity contribution in [2.45, 2.75) is 52.3 Å². The highest BCUT2D eigenvalue weighted by atomic mass is 16.6. The van der Waals surface area contributed by atoms with Gasteiger partial charge in [0.2, 0.25) is 0 Å². The van der Waals surface area contributed by atoms with Gasteiger partial charge >= 0.3 is 6.09 Å². The maximum atomic E-state index is 11.7. The topological polar surface area (TPSA) is 54.5 Å². The Morgan fingerprint density at radius 2 is 2.24 bits per heavy atom. The molecule has 0 aromatic carbocycles. The van der Waals surface area contributed by atoms with E-state index in [1.54, 1.807) is 0 Å². The average molecular weight is 291 g/mol. The molecule has 0 spiro atoms. The Morgan fingerprint density at radius 1 is 1.48 bits per heavy atom. The van der Waals surface area contributed by atoms with E-state index in [0.717, 1.165) is 26.1 Å². The molecule has 1 amide bonds. The molecule has 5 heteroatoms. The number of rotatable bonds is 3. The van der Waals surface area contributed by atoms with Crippen molar-refractivity contribution in [1.29, 1.82) is 0 Å². The number of pyridine rings is 1. The van der Waals surface area contributed by atoms with Crippen LogP contribution in [0.15, 0.2) is 18.5 Å². The smallest absolute Gasteiger partial charge is 0.407 e. The summed E-state index contributed by atoms with van der Waals surface area (Å²) in [5.74, 6) is 0. The maximum Gasteiger partial charge on any atom is 0.407 e. The molecule has 1 aliphatic heterocycles. The quantitative estimate of drug-likeness (QED) is 0.929. The van der Waals surface area contributed by atoms with Crippen LogP contribution in [0.4, 0.5) is 4.79 Å². The van der Waals surface area contributed by atoms with E-state index in [4.69, 9.17) is 4.74 Å². The van der Waals surface area contributed by atoms with Gasteiger partial charge in [-0.05, 0) is 51.3 Å². The Hall–Kier alpha value is -1.62. The zero-order chi connectivity index (χ0) is 15.5. The number of amides is 1. The van der Waals surface area contributed by atoms with Crippen LogP contribution >= 0.6 is 0 Å². The molecule has 5 nitrogen and oxygen atoms in total. The van der Waals surface area contributed by atoms with Gasteiger partial charge < -0.3 is 10.1 Å². The standard InChI is InChI=1S/C16H25N3O2/c1-12(18-15(20)21-16(2,3)4)10-19-8-6-13-9-17-7-5-14(13)11-19/h5,7,9,12H,6,8,10-11H2,1-4H3,(H,18,20)/t12-/m1/s1. The van der Waals surface area contributed by atoms with Gasteiger partial charge in [0.1, 0.15) is 5.60 Å². The molecule has 21 heavy (non-hydrogen) atoms. The van der Waals surface area contributed by atoms with E-state index >= 15 is 0 Å². The zero-order valence-corrected chi connectivity index (χ0v) is 13.3. The van der Waals surface area contributed by atoms with E-state index in [1.165, 1.54) is 11.1 Å². The molecular weight excluding hydrogens is 266 g/mol. The highest BCUT2D eigenvalue weighted by molar-refractivity contribution is 5.68. The fraction of sp³-hybridized carbons (Fsp3) is 0.625. The van der Waals surface area contributed by atoms with Crippen LogP contribution < -0.4 is 5.32 Å². The highest BCUT2D eigenvalue weighted by Gasteiger charge is 2.21. The molecule has 1 atom stereocenters. The molecule has 0 aliphatic carbocycles. The van der Waals surface area contributed by atoms with E-state index < -0.39 is 5.60 Å². The molecule has 1 aromatic rings. The maximum absolute atomic E-state index is 11.7. The second-order valence-corrected chi connectivity index (χ2v) is 6.68. The summed E-state index contributed by atoms with van der Waals surface area (Å²) in [6.45, 7) is 10.3. The number of ether oxygens (including phenoxy) is 1. The van der Waals surface area contributed by atoms with Crippen LogP contribution in [0.25, 0.3) is 0 Å². The second kappa shape index (κ2) is 6.43. The van der Waals surface area contributed by atoms with Gasteiger partial charge in [-0.3, -0.25) is 9.88 Å². The predicted octanol–water partition coefficient (Wildman–Crippen LogP) is 2.35. The van der Waals surface area contributed by atoms with E-state index in [2.05, 4.69) is 21.3 Å². The summed E-state index contributed by atoms with van der Waals surface area (Å²) in [7, 11) is 0. The average Bonchev–Trinajstić information content (AvgIpc) is 2.35. The van der Waals surface area contributed by atoms with Crippen molar-refractivity contribution in [1.82, 2.24) is 15.2 Å². The van der Waals surface area contributed by atoms with Crippen LogP contribution in [-0.4, -0.2) is 40.7 Å². The number of carbonyl (C=O) groups excluding carboxylic acids is 1. The molecule has 1 aliphatic rings. The number of nitrogens with zero attached hydrogens (tertiary/aromatic N) is 2. The molecule has 2 heterocycles. The van der Waals surface area contributed by atoms with Crippen molar-refractivity contribution >= 4 is 6.09 Å². The molecule has 116 valence electrons. The van der Waals surface area contributed by atoms with Gasteiger partial charge in [-0.2, -0.15) is 0 Å². The Kier molecular flexibility index (Phi) is 4.83. The van der Waals surface area contributed by atoms with E-state index in [-0.39, 0.29) is 12.1 Å². The first-order valence-electron chi connectivity index (χ1n) is 7.47. The summed E-state index contributed by atoms with van der Waals surface area (Å²) in [6.07, 6.45) is 4.46. The highest BCUT2D eigenvalue weighted by Crippen LogP contribution is 2.17. The monoisotopic (exact) mass is 291 g/mol. The molecule has 0 bridgehead atoms. The zero-order valence-electron chi connectivity index (χ0n) is 13.3. The van der Waals surface area contributed by atoms with E-state index in [1.807, 2.05) is 40.1 Å². The Labute approximate surface area is 126 Å². The lowest BCUT2D eigenvalue weighted by Crippen LogP contribution is -2.45. The number of nitrogens with one attached hydrogen (secondary N) is 1.